The van der Waals surface area contributed by atoms with Crippen LogP contribution in [0.4, 0.5) is 10.6 Å². The molecule has 9 nitrogen and oxygen atoms in total. The van der Waals surface area contributed by atoms with Crippen LogP contribution in [-0.4, -0.2) is 74.8 Å². The van der Waals surface area contributed by atoms with Gasteiger partial charge in [-0.3, -0.25) is 18.9 Å². The normalized spacial score (nSPS) is 16.9. The molecule has 0 saturated carbocycles. The van der Waals surface area contributed by atoms with Gasteiger partial charge in [-0.1, -0.05) is 60.4 Å². The van der Waals surface area contributed by atoms with Crippen LogP contribution in [-0.2, 0) is 16.0 Å². The zero-order chi connectivity index (χ0) is 28.2. The lowest BCUT2D eigenvalue weighted by Gasteiger charge is -2.35. The molecule has 4 heterocycles. The third-order valence-corrected chi connectivity index (χ3v) is 8.39. The van der Waals surface area contributed by atoms with Crippen LogP contribution in [0.2, 0.25) is 0 Å². The van der Waals surface area contributed by atoms with Gasteiger partial charge in [0.2, 0.25) is 0 Å². The van der Waals surface area contributed by atoms with Crippen LogP contribution >= 0.6 is 24.0 Å². The summed E-state index contributed by atoms with van der Waals surface area (Å²) in [6, 6.07) is 13.8. The molecule has 5 rings (SSSR count). The Balaban J connectivity index is 1.43. The SMILES string of the molecule is CCOC(=O)N1CCN(c2nc3c(C)cccn3c(=O)c2C=C2SC(=S)N(CCCc3ccccc3)C2=O)CC1. The Morgan fingerprint density at radius 1 is 1.10 bits per heavy atom. The van der Waals surface area contributed by atoms with Crippen molar-refractivity contribution in [3.05, 3.63) is 80.6 Å². The summed E-state index contributed by atoms with van der Waals surface area (Å²) >= 11 is 6.76. The minimum absolute atomic E-state index is 0.199. The fraction of sp³-hybridized carbons (Fsp3) is 0.345. The van der Waals surface area contributed by atoms with Crippen molar-refractivity contribution in [2.75, 3.05) is 44.2 Å². The van der Waals surface area contributed by atoms with Gasteiger partial charge in [0, 0.05) is 38.9 Å². The summed E-state index contributed by atoms with van der Waals surface area (Å²) in [6.45, 7) is 6.35. The smallest absolute Gasteiger partial charge is 0.409 e. The maximum Gasteiger partial charge on any atom is 0.409 e. The van der Waals surface area contributed by atoms with Crippen molar-refractivity contribution >= 4 is 57.8 Å². The number of amides is 2. The van der Waals surface area contributed by atoms with Gasteiger partial charge in [-0.2, -0.15) is 0 Å². The Bertz CT molecular complexity index is 1530. The van der Waals surface area contributed by atoms with Gasteiger partial charge in [-0.15, -0.1) is 0 Å². The molecule has 11 heteroatoms. The van der Waals surface area contributed by atoms with Crippen molar-refractivity contribution in [3.8, 4) is 0 Å². The molecule has 2 aliphatic rings. The number of nitrogens with zero attached hydrogens (tertiary/aromatic N) is 5. The summed E-state index contributed by atoms with van der Waals surface area (Å²) in [7, 11) is 0. The van der Waals surface area contributed by atoms with Crippen LogP contribution in [0.1, 0.15) is 30.0 Å². The number of aromatic nitrogens is 2. The number of rotatable bonds is 7. The van der Waals surface area contributed by atoms with Gasteiger partial charge in [-0.25, -0.2) is 9.78 Å². The Labute approximate surface area is 242 Å². The number of carbonyl (C=O) groups is 2. The lowest BCUT2D eigenvalue weighted by atomic mass is 10.1. The first-order valence-corrected chi connectivity index (χ1v) is 14.6. The van der Waals surface area contributed by atoms with E-state index in [0.29, 0.717) is 65.6 Å². The molecule has 2 saturated heterocycles. The highest BCUT2D eigenvalue weighted by Gasteiger charge is 2.33. The van der Waals surface area contributed by atoms with Gasteiger partial charge >= 0.3 is 6.09 Å². The van der Waals surface area contributed by atoms with Crippen molar-refractivity contribution in [2.24, 2.45) is 0 Å². The molecule has 3 aromatic rings. The van der Waals surface area contributed by atoms with E-state index in [2.05, 4.69) is 12.1 Å². The van der Waals surface area contributed by atoms with Gasteiger partial charge in [0.05, 0.1) is 17.1 Å². The lowest BCUT2D eigenvalue weighted by Crippen LogP contribution is -2.49. The molecule has 0 unspecified atom stereocenters. The maximum atomic E-state index is 13.8. The average molecular weight is 578 g/mol. The van der Waals surface area contributed by atoms with E-state index in [9.17, 15) is 14.4 Å². The molecule has 0 aliphatic carbocycles. The predicted octanol–water partition coefficient (Wildman–Crippen LogP) is 4.12. The van der Waals surface area contributed by atoms with Crippen LogP contribution in [0.15, 0.2) is 58.4 Å². The van der Waals surface area contributed by atoms with E-state index in [4.69, 9.17) is 21.9 Å². The molecule has 2 fully saturated rings. The van der Waals surface area contributed by atoms with Gasteiger partial charge in [0.25, 0.3) is 11.5 Å². The minimum atomic E-state index is -0.347. The Morgan fingerprint density at radius 3 is 2.58 bits per heavy atom. The lowest BCUT2D eigenvalue weighted by molar-refractivity contribution is -0.122. The molecule has 0 radical (unpaired) electrons. The number of thiocarbonyl (C=S) groups is 1. The molecule has 0 atom stereocenters. The number of ether oxygens (including phenoxy) is 1. The molecule has 208 valence electrons. The number of anilines is 1. The molecule has 40 heavy (non-hydrogen) atoms. The Kier molecular flexibility index (Phi) is 8.51. The summed E-state index contributed by atoms with van der Waals surface area (Å²) in [5, 5.41) is 0. The molecule has 2 aliphatic heterocycles. The highest BCUT2D eigenvalue weighted by Crippen LogP contribution is 2.34. The predicted molar refractivity (Wildman–Crippen MR) is 162 cm³/mol. The first-order chi connectivity index (χ1) is 19.4. The van der Waals surface area contributed by atoms with Gasteiger partial charge in [-0.05, 0) is 50.0 Å². The Hall–Kier alpha value is -3.70. The fourth-order valence-corrected chi connectivity index (χ4v) is 6.18. The van der Waals surface area contributed by atoms with Gasteiger partial charge in [0.15, 0.2) is 0 Å². The van der Waals surface area contributed by atoms with E-state index in [-0.39, 0.29) is 17.6 Å². The third kappa shape index (κ3) is 5.75. The molecular formula is C29H31N5O4S2. The van der Waals surface area contributed by atoms with Crippen LogP contribution < -0.4 is 10.5 Å². The maximum absolute atomic E-state index is 13.8. The van der Waals surface area contributed by atoms with Crippen LogP contribution in [0.5, 0.6) is 0 Å². The first kappa shape index (κ1) is 27.9. The highest BCUT2D eigenvalue weighted by atomic mass is 32.2. The largest absolute Gasteiger partial charge is 0.450 e. The monoisotopic (exact) mass is 577 g/mol. The molecule has 0 spiro atoms. The molecule has 2 aromatic heterocycles. The van der Waals surface area contributed by atoms with E-state index in [1.54, 1.807) is 35.1 Å². The van der Waals surface area contributed by atoms with E-state index in [0.717, 1.165) is 18.4 Å². The van der Waals surface area contributed by atoms with E-state index < -0.39 is 0 Å². The second-order valence-electron chi connectivity index (χ2n) is 9.63. The second kappa shape index (κ2) is 12.2. The Morgan fingerprint density at radius 2 is 1.85 bits per heavy atom. The minimum Gasteiger partial charge on any atom is -0.450 e. The number of benzene rings is 1. The van der Waals surface area contributed by atoms with Crippen LogP contribution in [0, 0.1) is 6.92 Å². The first-order valence-electron chi connectivity index (χ1n) is 13.3. The van der Waals surface area contributed by atoms with E-state index in [1.165, 1.54) is 21.7 Å². The molecule has 1 aromatic carbocycles. The molecule has 0 N–H and O–H groups in total. The van der Waals surface area contributed by atoms with Crippen molar-refractivity contribution in [1.82, 2.24) is 19.2 Å². The number of thioether (sulfide) groups is 1. The van der Waals surface area contributed by atoms with E-state index in [1.807, 2.05) is 36.1 Å². The topological polar surface area (TPSA) is 87.5 Å². The van der Waals surface area contributed by atoms with E-state index >= 15 is 0 Å². The summed E-state index contributed by atoms with van der Waals surface area (Å²) in [5.41, 5.74) is 2.70. The zero-order valence-electron chi connectivity index (χ0n) is 22.5. The number of piperazine rings is 1. The number of hydrogen-bond donors (Lipinski definition) is 0. The number of hydrogen-bond acceptors (Lipinski definition) is 8. The standard InChI is InChI=1S/C29H31N5O4S2/c1-3-38-28(37)32-17-15-31(16-18-32)25-22(26(35)33-13-7-9-20(2)24(33)30-25)19-23-27(36)34(29(39)40-23)14-8-12-21-10-5-4-6-11-21/h4-7,9-11,13,19H,3,8,12,14-18H2,1-2H3. The average Bonchev–Trinajstić information content (AvgIpc) is 3.23. The number of pyridine rings is 1. The highest BCUT2D eigenvalue weighted by molar-refractivity contribution is 8.26. The van der Waals surface area contributed by atoms with Crippen molar-refractivity contribution in [1.29, 1.82) is 0 Å². The van der Waals surface area contributed by atoms with Crippen molar-refractivity contribution < 1.29 is 14.3 Å². The third-order valence-electron chi connectivity index (χ3n) is 7.01. The summed E-state index contributed by atoms with van der Waals surface area (Å²) < 4.78 is 7.14. The second-order valence-corrected chi connectivity index (χ2v) is 11.3. The van der Waals surface area contributed by atoms with Crippen LogP contribution in [0.3, 0.4) is 0 Å². The zero-order valence-corrected chi connectivity index (χ0v) is 24.2. The molecule has 2 amide bonds. The quantitative estimate of drug-likeness (QED) is 0.306. The number of aryl methyl sites for hydroxylation is 2. The fourth-order valence-electron chi connectivity index (χ4n) is 4.89. The molecule has 0 bridgehead atoms. The number of carbonyl (C=O) groups excluding carboxylic acids is 2. The van der Waals surface area contributed by atoms with Crippen LogP contribution in [0.25, 0.3) is 11.7 Å². The summed E-state index contributed by atoms with van der Waals surface area (Å²) in [6.07, 6.45) is 4.59. The van der Waals surface area contributed by atoms with Crippen molar-refractivity contribution in [2.45, 2.75) is 26.7 Å². The molecular weight excluding hydrogens is 546 g/mol. The summed E-state index contributed by atoms with van der Waals surface area (Å²) in [4.78, 5) is 50.0. The number of fused-ring (bicyclic) bond motifs is 1. The summed E-state index contributed by atoms with van der Waals surface area (Å²) in [5.74, 6) is 0.298. The van der Waals surface area contributed by atoms with Gasteiger partial charge in [0.1, 0.15) is 15.8 Å². The van der Waals surface area contributed by atoms with Gasteiger partial charge < -0.3 is 14.5 Å². The van der Waals surface area contributed by atoms with Crippen molar-refractivity contribution in [3.63, 3.8) is 0 Å².